The number of aryl methyl sites for hydroxylation is 1. The van der Waals surface area contributed by atoms with Gasteiger partial charge in [0.25, 0.3) is 0 Å². The fourth-order valence-corrected chi connectivity index (χ4v) is 3.85. The van der Waals surface area contributed by atoms with Gasteiger partial charge in [0.15, 0.2) is 0 Å². The lowest BCUT2D eigenvalue weighted by Gasteiger charge is -2.47. The average molecular weight is 334 g/mol. The molecule has 1 N–H and O–H groups in total. The summed E-state index contributed by atoms with van der Waals surface area (Å²) in [5, 5.41) is 1.11. The number of carbonyl (C=O) groups is 1. The first-order chi connectivity index (χ1) is 12.1. The van der Waals surface area contributed by atoms with Gasteiger partial charge in [0.1, 0.15) is 11.4 Å². The second-order valence-electron chi connectivity index (χ2n) is 6.85. The number of rotatable bonds is 2. The molecule has 0 saturated carbocycles. The molecule has 0 radical (unpaired) electrons. The molecule has 6 heteroatoms. The largest absolute Gasteiger partial charge is 0.361 e. The van der Waals surface area contributed by atoms with Crippen molar-refractivity contribution in [1.29, 1.82) is 0 Å². The molecule has 25 heavy (non-hydrogen) atoms. The molecule has 2 aliphatic rings. The number of fused-ring (bicyclic) bond motifs is 3. The summed E-state index contributed by atoms with van der Waals surface area (Å²) in [6.45, 7) is 3.54. The minimum atomic E-state index is -0.404. The third kappa shape index (κ3) is 2.17. The summed E-state index contributed by atoms with van der Waals surface area (Å²) in [5.41, 5.74) is 3.68. The molecule has 0 unspecified atom stereocenters. The first kappa shape index (κ1) is 14.6. The molecule has 3 aromatic rings. The second-order valence-corrected chi connectivity index (χ2v) is 6.85. The van der Waals surface area contributed by atoms with Gasteiger partial charge in [-0.1, -0.05) is 18.2 Å². The number of carbonyl (C=O) groups excluding carboxylic acids is 1. The number of hydrogen-bond donors (Lipinski definition) is 1. The molecule has 5 rings (SSSR count). The lowest BCUT2D eigenvalue weighted by atomic mass is 9.87. The Morgan fingerprint density at radius 2 is 2.20 bits per heavy atom. The molecule has 6 nitrogen and oxygen atoms in total. The van der Waals surface area contributed by atoms with Gasteiger partial charge >= 0.3 is 0 Å². The maximum Gasteiger partial charge on any atom is 0.227 e. The van der Waals surface area contributed by atoms with E-state index in [1.165, 1.54) is 0 Å². The summed E-state index contributed by atoms with van der Waals surface area (Å²) in [5.74, 6) is 0.881. The Morgan fingerprint density at radius 1 is 1.36 bits per heavy atom. The van der Waals surface area contributed by atoms with Crippen LogP contribution in [0.2, 0.25) is 0 Å². The molecule has 0 bridgehead atoms. The highest BCUT2D eigenvalue weighted by Gasteiger charge is 2.52. The number of amides is 1. The predicted molar refractivity (Wildman–Crippen MR) is 91.8 cm³/mol. The van der Waals surface area contributed by atoms with Crippen molar-refractivity contribution in [3.05, 3.63) is 59.3 Å². The van der Waals surface area contributed by atoms with Crippen molar-refractivity contribution in [1.82, 2.24) is 19.9 Å². The summed E-state index contributed by atoms with van der Waals surface area (Å²) >= 11 is 0. The number of benzene rings is 1. The predicted octanol–water partition coefficient (Wildman–Crippen LogP) is 2.08. The first-order valence-electron chi connectivity index (χ1n) is 8.44. The SMILES string of the molecule is Cc1ncc2c(n1)COC21CN(C(=O)Cc2c[nH]c3ccccc23)C1. The van der Waals surface area contributed by atoms with Crippen molar-refractivity contribution < 1.29 is 9.53 Å². The van der Waals surface area contributed by atoms with Crippen LogP contribution in [0.15, 0.2) is 36.7 Å². The number of H-pyrrole nitrogens is 1. The molecule has 4 heterocycles. The molecule has 0 atom stereocenters. The molecular formula is C19H18N4O2. The Kier molecular flexibility index (Phi) is 3.00. The van der Waals surface area contributed by atoms with Crippen molar-refractivity contribution in [3.8, 4) is 0 Å². The van der Waals surface area contributed by atoms with Gasteiger partial charge < -0.3 is 14.6 Å². The van der Waals surface area contributed by atoms with E-state index in [4.69, 9.17) is 4.74 Å². The number of nitrogens with zero attached hydrogens (tertiary/aromatic N) is 3. The third-order valence-corrected chi connectivity index (χ3v) is 5.23. The van der Waals surface area contributed by atoms with E-state index >= 15 is 0 Å². The molecular weight excluding hydrogens is 316 g/mol. The van der Waals surface area contributed by atoms with Gasteiger partial charge in [-0.3, -0.25) is 4.79 Å². The zero-order valence-corrected chi connectivity index (χ0v) is 14.0. The summed E-state index contributed by atoms with van der Waals surface area (Å²) in [6.07, 6.45) is 4.18. The van der Waals surface area contributed by atoms with E-state index in [0.29, 0.717) is 26.1 Å². The summed E-state index contributed by atoms with van der Waals surface area (Å²) in [6, 6.07) is 8.05. The van der Waals surface area contributed by atoms with Gasteiger partial charge in [-0.25, -0.2) is 9.97 Å². The van der Waals surface area contributed by atoms with Crippen molar-refractivity contribution >= 4 is 16.8 Å². The molecule has 2 aromatic heterocycles. The fourth-order valence-electron chi connectivity index (χ4n) is 3.85. The quantitative estimate of drug-likeness (QED) is 0.779. The summed E-state index contributed by atoms with van der Waals surface area (Å²) in [7, 11) is 0. The highest BCUT2D eigenvalue weighted by atomic mass is 16.5. The van der Waals surface area contributed by atoms with Crippen molar-refractivity contribution in [2.75, 3.05) is 13.1 Å². The summed E-state index contributed by atoms with van der Waals surface area (Å²) in [4.78, 5) is 26.5. The highest BCUT2D eigenvalue weighted by Crippen LogP contribution is 2.42. The fraction of sp³-hybridized carbons (Fsp3) is 0.316. The van der Waals surface area contributed by atoms with Gasteiger partial charge in [0.05, 0.1) is 31.8 Å². The Labute approximate surface area is 144 Å². The van der Waals surface area contributed by atoms with Crippen LogP contribution in [0.1, 0.15) is 22.6 Å². The zero-order valence-electron chi connectivity index (χ0n) is 14.0. The lowest BCUT2D eigenvalue weighted by molar-refractivity contribution is -0.168. The van der Waals surface area contributed by atoms with Crippen LogP contribution < -0.4 is 0 Å². The van der Waals surface area contributed by atoms with Crippen molar-refractivity contribution in [2.45, 2.75) is 25.6 Å². The smallest absolute Gasteiger partial charge is 0.227 e. The maximum atomic E-state index is 12.7. The van der Waals surface area contributed by atoms with E-state index < -0.39 is 5.60 Å². The van der Waals surface area contributed by atoms with Crippen molar-refractivity contribution in [2.24, 2.45) is 0 Å². The Balaban J connectivity index is 1.32. The topological polar surface area (TPSA) is 71.1 Å². The number of likely N-dealkylation sites (tertiary alicyclic amines) is 1. The lowest BCUT2D eigenvalue weighted by Crippen LogP contribution is -2.61. The number of hydrogen-bond acceptors (Lipinski definition) is 4. The van der Waals surface area contributed by atoms with Crippen LogP contribution >= 0.6 is 0 Å². The van der Waals surface area contributed by atoms with Crippen LogP contribution in [0.5, 0.6) is 0 Å². The minimum absolute atomic E-state index is 0.125. The Hall–Kier alpha value is -2.73. The molecule has 1 amide bonds. The first-order valence-corrected chi connectivity index (χ1v) is 8.44. The van der Waals surface area contributed by atoms with Gasteiger partial charge in [0.2, 0.25) is 5.91 Å². The van der Waals surface area contributed by atoms with Gasteiger partial charge in [-0.15, -0.1) is 0 Å². The van der Waals surface area contributed by atoms with Crippen LogP contribution in [0.25, 0.3) is 10.9 Å². The van der Waals surface area contributed by atoms with Crippen LogP contribution in [0.3, 0.4) is 0 Å². The number of ether oxygens (including phenoxy) is 1. The molecule has 2 aliphatic heterocycles. The molecule has 1 fully saturated rings. The monoisotopic (exact) mass is 334 g/mol. The normalized spacial score (nSPS) is 17.7. The van der Waals surface area contributed by atoms with E-state index in [2.05, 4.69) is 15.0 Å². The van der Waals surface area contributed by atoms with E-state index in [9.17, 15) is 4.79 Å². The second kappa shape index (κ2) is 5.13. The molecule has 0 aliphatic carbocycles. The Morgan fingerprint density at radius 3 is 3.08 bits per heavy atom. The Bertz CT molecular complexity index is 988. The average Bonchev–Trinajstić information content (AvgIpc) is 3.15. The number of aromatic amines is 1. The minimum Gasteiger partial charge on any atom is -0.361 e. The highest BCUT2D eigenvalue weighted by molar-refractivity contribution is 5.89. The number of para-hydroxylation sites is 1. The third-order valence-electron chi connectivity index (χ3n) is 5.23. The molecule has 1 aromatic carbocycles. The van der Waals surface area contributed by atoms with E-state index in [-0.39, 0.29) is 5.91 Å². The van der Waals surface area contributed by atoms with E-state index in [1.807, 2.05) is 48.5 Å². The standard InChI is InChI=1S/C19H18N4O2/c1-12-20-8-15-17(22-12)9-25-19(15)10-23(11-19)18(24)6-13-7-21-16-5-3-2-4-14(13)16/h2-5,7-8,21H,6,9-11H2,1H3. The van der Waals surface area contributed by atoms with E-state index in [0.717, 1.165) is 33.5 Å². The summed E-state index contributed by atoms with van der Waals surface area (Å²) < 4.78 is 5.99. The van der Waals surface area contributed by atoms with E-state index in [1.54, 1.807) is 0 Å². The van der Waals surface area contributed by atoms with Gasteiger partial charge in [-0.05, 0) is 18.6 Å². The molecule has 126 valence electrons. The van der Waals surface area contributed by atoms with Gasteiger partial charge in [0, 0.05) is 28.9 Å². The molecule has 1 spiro atoms. The van der Waals surface area contributed by atoms with Crippen molar-refractivity contribution in [3.63, 3.8) is 0 Å². The van der Waals surface area contributed by atoms with Crippen LogP contribution in [-0.2, 0) is 28.2 Å². The van der Waals surface area contributed by atoms with Gasteiger partial charge in [-0.2, -0.15) is 0 Å². The number of nitrogens with one attached hydrogen (secondary N) is 1. The van der Waals surface area contributed by atoms with Crippen LogP contribution in [-0.4, -0.2) is 38.8 Å². The zero-order chi connectivity index (χ0) is 17.0. The number of aromatic nitrogens is 3. The van der Waals surface area contributed by atoms with Crippen LogP contribution in [0.4, 0.5) is 0 Å². The molecule has 1 saturated heterocycles. The maximum absolute atomic E-state index is 12.7. The van der Waals surface area contributed by atoms with Crippen LogP contribution in [0, 0.1) is 6.92 Å².